The van der Waals surface area contributed by atoms with Crippen molar-refractivity contribution in [2.75, 3.05) is 13.1 Å². The number of amides is 1. The summed E-state index contributed by atoms with van der Waals surface area (Å²) in [5.74, 6) is -0.195. The number of nitrogens with one attached hydrogen (secondary N) is 3. The van der Waals surface area contributed by atoms with Crippen LogP contribution in [0.25, 0.3) is 16.8 Å². The molecule has 1 amide bonds. The lowest BCUT2D eigenvalue weighted by molar-refractivity contribution is -0.120. The maximum Gasteiger partial charge on any atom is 0.237 e. The highest BCUT2D eigenvalue weighted by Crippen LogP contribution is 2.30. The van der Waals surface area contributed by atoms with E-state index in [1.807, 2.05) is 12.2 Å². The summed E-state index contributed by atoms with van der Waals surface area (Å²) in [5, 5.41) is 6.14. The van der Waals surface area contributed by atoms with E-state index in [2.05, 4.69) is 21.7 Å². The van der Waals surface area contributed by atoms with Crippen LogP contribution in [0.3, 0.4) is 0 Å². The number of aromatic nitrogens is 1. The van der Waals surface area contributed by atoms with Gasteiger partial charge in [0, 0.05) is 24.4 Å². The first-order chi connectivity index (χ1) is 14.1. The van der Waals surface area contributed by atoms with E-state index in [0.29, 0.717) is 6.42 Å². The Bertz CT molecular complexity index is 930. The zero-order valence-electron chi connectivity index (χ0n) is 16.2. The van der Waals surface area contributed by atoms with Crippen molar-refractivity contribution in [2.24, 2.45) is 0 Å². The standard InChI is InChI=1S/C23H25F2N3O/c24-18-7-3-15(4-8-18)21-14-17(2-1-12-26-20-11-13-27-23(20)29)22(28-21)16-5-9-19(25)10-6-16/h3-9,14,19-20,26,28H,1-2,10-13H2,(H,27,29). The van der Waals surface area contributed by atoms with Crippen molar-refractivity contribution in [3.05, 3.63) is 65.6 Å². The summed E-state index contributed by atoms with van der Waals surface area (Å²) in [5.41, 5.74) is 4.91. The topological polar surface area (TPSA) is 56.9 Å². The Labute approximate surface area is 169 Å². The summed E-state index contributed by atoms with van der Waals surface area (Å²) in [6, 6.07) is 8.37. The van der Waals surface area contributed by atoms with Crippen molar-refractivity contribution < 1.29 is 13.6 Å². The lowest BCUT2D eigenvalue weighted by atomic mass is 9.99. The Morgan fingerprint density at radius 3 is 2.72 bits per heavy atom. The third kappa shape index (κ3) is 4.65. The van der Waals surface area contributed by atoms with Gasteiger partial charge in [0.1, 0.15) is 12.0 Å². The Morgan fingerprint density at radius 1 is 1.21 bits per heavy atom. The minimum absolute atomic E-state index is 0.0733. The summed E-state index contributed by atoms with van der Waals surface area (Å²) in [6.45, 7) is 1.48. The normalized spacial score (nSPS) is 21.3. The van der Waals surface area contributed by atoms with Crippen LogP contribution in [0.2, 0.25) is 0 Å². The molecule has 0 spiro atoms. The Morgan fingerprint density at radius 2 is 2.03 bits per heavy atom. The fourth-order valence-corrected chi connectivity index (χ4v) is 3.86. The first kappa shape index (κ1) is 19.6. The van der Waals surface area contributed by atoms with E-state index in [1.54, 1.807) is 18.2 Å². The maximum atomic E-state index is 13.5. The van der Waals surface area contributed by atoms with E-state index in [0.717, 1.165) is 60.4 Å². The summed E-state index contributed by atoms with van der Waals surface area (Å²) in [7, 11) is 0. The average Bonchev–Trinajstić information content (AvgIpc) is 3.33. The quantitative estimate of drug-likeness (QED) is 0.621. The molecule has 1 aromatic heterocycles. The largest absolute Gasteiger partial charge is 0.355 e. The Hall–Kier alpha value is -2.73. The van der Waals surface area contributed by atoms with E-state index >= 15 is 0 Å². The third-order valence-electron chi connectivity index (χ3n) is 5.45. The Balaban J connectivity index is 1.50. The number of alkyl halides is 1. The fourth-order valence-electron chi connectivity index (χ4n) is 3.86. The van der Waals surface area contributed by atoms with Crippen LogP contribution in [0.1, 0.15) is 30.5 Å². The molecule has 1 aliphatic heterocycles. The molecule has 1 saturated heterocycles. The number of hydrogen-bond acceptors (Lipinski definition) is 2. The van der Waals surface area contributed by atoms with Gasteiger partial charge in [-0.3, -0.25) is 4.79 Å². The number of carbonyl (C=O) groups excluding carboxylic acids is 1. The minimum Gasteiger partial charge on any atom is -0.355 e. The van der Waals surface area contributed by atoms with E-state index < -0.39 is 6.17 Å². The molecule has 1 fully saturated rings. The molecule has 2 aromatic rings. The van der Waals surface area contributed by atoms with Crippen LogP contribution in [0.4, 0.5) is 8.78 Å². The van der Waals surface area contributed by atoms with Crippen LogP contribution in [-0.4, -0.2) is 36.2 Å². The van der Waals surface area contributed by atoms with Crippen LogP contribution in [0.5, 0.6) is 0 Å². The van der Waals surface area contributed by atoms with Crippen molar-refractivity contribution in [2.45, 2.75) is 37.9 Å². The average molecular weight is 397 g/mol. The lowest BCUT2D eigenvalue weighted by Gasteiger charge is -2.12. The highest BCUT2D eigenvalue weighted by Gasteiger charge is 2.23. The van der Waals surface area contributed by atoms with Crippen molar-refractivity contribution in [3.8, 4) is 11.3 Å². The van der Waals surface area contributed by atoms with Gasteiger partial charge in [0.05, 0.1) is 6.04 Å². The number of allylic oxidation sites excluding steroid dienone is 4. The van der Waals surface area contributed by atoms with E-state index in [4.69, 9.17) is 0 Å². The van der Waals surface area contributed by atoms with Crippen LogP contribution < -0.4 is 10.6 Å². The molecule has 0 radical (unpaired) electrons. The van der Waals surface area contributed by atoms with Gasteiger partial charge in [-0.25, -0.2) is 8.78 Å². The number of H-pyrrole nitrogens is 1. The van der Waals surface area contributed by atoms with Gasteiger partial charge in [0.2, 0.25) is 5.91 Å². The molecular weight excluding hydrogens is 372 g/mol. The van der Waals surface area contributed by atoms with Gasteiger partial charge in [-0.1, -0.05) is 12.2 Å². The number of aryl methyl sites for hydroxylation is 1. The fraction of sp³-hybridized carbons (Fsp3) is 0.348. The molecule has 0 saturated carbocycles. The van der Waals surface area contributed by atoms with Crippen molar-refractivity contribution in [3.63, 3.8) is 0 Å². The molecule has 29 heavy (non-hydrogen) atoms. The SMILES string of the molecule is O=C1NCCC1NCCCc1cc(-c2ccc(F)cc2)[nH]c1C1=CCC(F)C=C1. The minimum atomic E-state index is -0.935. The van der Waals surface area contributed by atoms with E-state index in [9.17, 15) is 13.6 Å². The van der Waals surface area contributed by atoms with Crippen molar-refractivity contribution in [1.82, 2.24) is 15.6 Å². The molecule has 2 aliphatic rings. The molecule has 152 valence electrons. The molecule has 2 heterocycles. The molecule has 2 atom stereocenters. The summed E-state index contributed by atoms with van der Waals surface area (Å²) in [6.07, 6.45) is 7.26. The molecular formula is C23H25F2N3O. The molecule has 4 nitrogen and oxygen atoms in total. The molecule has 3 N–H and O–H groups in total. The number of halogens is 2. The predicted octanol–water partition coefficient (Wildman–Crippen LogP) is 3.91. The maximum absolute atomic E-state index is 13.5. The summed E-state index contributed by atoms with van der Waals surface area (Å²) in [4.78, 5) is 15.1. The van der Waals surface area contributed by atoms with Gasteiger partial charge in [-0.15, -0.1) is 0 Å². The highest BCUT2D eigenvalue weighted by atomic mass is 19.1. The number of carbonyl (C=O) groups is 1. The van der Waals surface area contributed by atoms with Crippen molar-refractivity contribution in [1.29, 1.82) is 0 Å². The Kier molecular flexibility index (Phi) is 5.90. The van der Waals surface area contributed by atoms with E-state index in [1.165, 1.54) is 12.1 Å². The second-order valence-corrected chi connectivity index (χ2v) is 7.55. The van der Waals surface area contributed by atoms with Gasteiger partial charge in [0.15, 0.2) is 0 Å². The molecule has 1 aromatic carbocycles. The number of hydrogen-bond donors (Lipinski definition) is 3. The van der Waals surface area contributed by atoms with Gasteiger partial charge in [0.25, 0.3) is 0 Å². The van der Waals surface area contributed by atoms with Crippen LogP contribution >= 0.6 is 0 Å². The number of benzene rings is 1. The predicted molar refractivity (Wildman–Crippen MR) is 111 cm³/mol. The van der Waals surface area contributed by atoms with Crippen LogP contribution in [0, 0.1) is 5.82 Å². The second-order valence-electron chi connectivity index (χ2n) is 7.55. The number of aromatic amines is 1. The monoisotopic (exact) mass is 397 g/mol. The molecule has 4 rings (SSSR count). The van der Waals surface area contributed by atoms with Gasteiger partial charge in [-0.2, -0.15) is 0 Å². The zero-order chi connectivity index (χ0) is 20.2. The molecule has 6 heteroatoms. The van der Waals surface area contributed by atoms with Crippen LogP contribution in [0.15, 0.2) is 48.6 Å². The summed E-state index contributed by atoms with van der Waals surface area (Å²) >= 11 is 0. The summed E-state index contributed by atoms with van der Waals surface area (Å²) < 4.78 is 26.8. The van der Waals surface area contributed by atoms with Gasteiger partial charge < -0.3 is 15.6 Å². The molecule has 0 bridgehead atoms. The van der Waals surface area contributed by atoms with Crippen molar-refractivity contribution >= 4 is 11.5 Å². The smallest absolute Gasteiger partial charge is 0.237 e. The van der Waals surface area contributed by atoms with Crippen LogP contribution in [-0.2, 0) is 11.2 Å². The number of rotatable bonds is 7. The zero-order valence-corrected chi connectivity index (χ0v) is 16.2. The first-order valence-electron chi connectivity index (χ1n) is 10.1. The lowest BCUT2D eigenvalue weighted by Crippen LogP contribution is -2.36. The van der Waals surface area contributed by atoms with E-state index in [-0.39, 0.29) is 17.8 Å². The van der Waals surface area contributed by atoms with Gasteiger partial charge in [-0.05, 0) is 78.9 Å². The first-order valence-corrected chi connectivity index (χ1v) is 10.1. The molecule has 1 aliphatic carbocycles. The third-order valence-corrected chi connectivity index (χ3v) is 5.45. The molecule has 2 unspecified atom stereocenters. The highest BCUT2D eigenvalue weighted by molar-refractivity contribution is 5.83. The van der Waals surface area contributed by atoms with Gasteiger partial charge >= 0.3 is 0 Å². The second kappa shape index (κ2) is 8.74.